The second-order valence-corrected chi connectivity index (χ2v) is 14.1. The molecule has 0 spiro atoms. The molecule has 2 fully saturated rings. The predicted octanol–water partition coefficient (Wildman–Crippen LogP) is 3.10. The van der Waals surface area contributed by atoms with E-state index in [0.717, 1.165) is 49.8 Å². The van der Waals surface area contributed by atoms with Crippen LogP contribution in [0.1, 0.15) is 91.4 Å². The Hall–Kier alpha value is -2.63. The quantitative estimate of drug-likeness (QED) is 0.219. The lowest BCUT2D eigenvalue weighted by Gasteiger charge is -2.39. The van der Waals surface area contributed by atoms with Gasteiger partial charge in [0.05, 0.1) is 12.1 Å². The number of amides is 4. The zero-order valence-electron chi connectivity index (χ0n) is 26.9. The van der Waals surface area contributed by atoms with Crippen LogP contribution in [0.5, 0.6) is 0 Å². The van der Waals surface area contributed by atoms with Crippen LogP contribution in [-0.4, -0.2) is 83.6 Å². The Morgan fingerprint density at radius 1 is 0.977 bits per heavy atom. The van der Waals surface area contributed by atoms with E-state index in [0.29, 0.717) is 51.1 Å². The minimum absolute atomic E-state index is 0.0649. The van der Waals surface area contributed by atoms with Crippen molar-refractivity contribution in [1.29, 1.82) is 0 Å². The largest absolute Gasteiger partial charge is 0.355 e. The number of thioether (sulfide) groups is 1. The average Bonchev–Trinajstić information content (AvgIpc) is 3.45. The lowest BCUT2D eigenvalue weighted by Crippen LogP contribution is -2.65. The lowest BCUT2D eigenvalue weighted by molar-refractivity contribution is -0.134. The molecule has 2 aliphatic rings. The predicted molar refractivity (Wildman–Crippen MR) is 176 cm³/mol. The van der Waals surface area contributed by atoms with Crippen LogP contribution in [0, 0.1) is 0 Å². The maximum absolute atomic E-state index is 14.1. The number of fused-ring (bicyclic) bond motifs is 1. The monoisotopic (exact) mass is 630 g/mol. The van der Waals surface area contributed by atoms with Crippen LogP contribution in [-0.2, 0) is 19.2 Å². The molecule has 4 atom stereocenters. The molecule has 1 aromatic rings. The van der Waals surface area contributed by atoms with Crippen molar-refractivity contribution in [3.63, 3.8) is 0 Å². The first-order chi connectivity index (χ1) is 21.1. The maximum Gasteiger partial charge on any atom is 0.242 e. The summed E-state index contributed by atoms with van der Waals surface area (Å²) in [5.41, 5.74) is 5.22. The van der Waals surface area contributed by atoms with E-state index >= 15 is 0 Å². The number of rotatable bonds is 8. The Morgan fingerprint density at radius 2 is 1.70 bits per heavy atom. The van der Waals surface area contributed by atoms with Crippen molar-refractivity contribution in [2.75, 3.05) is 25.4 Å². The van der Waals surface area contributed by atoms with E-state index in [1.54, 1.807) is 11.8 Å². The number of hydrogen-bond donors (Lipinski definition) is 5. The Kier molecular flexibility index (Phi) is 15.0. The summed E-state index contributed by atoms with van der Waals surface area (Å²) < 4.78 is 0. The van der Waals surface area contributed by atoms with Gasteiger partial charge in [0.1, 0.15) is 12.1 Å². The molecule has 0 aliphatic carbocycles. The molecule has 0 saturated carbocycles. The van der Waals surface area contributed by atoms with Crippen LogP contribution in [0.15, 0.2) is 35.2 Å². The van der Waals surface area contributed by atoms with Gasteiger partial charge in [-0.05, 0) is 90.9 Å². The summed E-state index contributed by atoms with van der Waals surface area (Å²) in [6.45, 7) is 7.43. The van der Waals surface area contributed by atoms with Gasteiger partial charge in [-0.2, -0.15) is 0 Å². The fourth-order valence-electron chi connectivity index (χ4n) is 5.91. The van der Waals surface area contributed by atoms with Crippen LogP contribution >= 0.6 is 11.8 Å². The zero-order chi connectivity index (χ0) is 32.0. The molecule has 44 heavy (non-hydrogen) atoms. The SMILES string of the molecule is CC(C)(C)NC(=O)[C@@H]1[C@H](CSc2ccccc2)NC(=O)[C@H](CCCCN)NC(=O)CCCCCCCNC(=O)[C@@H]2CCCN12. The average molecular weight is 631 g/mol. The highest BCUT2D eigenvalue weighted by molar-refractivity contribution is 7.99. The van der Waals surface area contributed by atoms with Gasteiger partial charge in [-0.1, -0.05) is 37.5 Å². The molecule has 2 heterocycles. The number of carbonyl (C=O) groups is 4. The van der Waals surface area contributed by atoms with E-state index in [9.17, 15) is 19.2 Å². The van der Waals surface area contributed by atoms with Crippen molar-refractivity contribution in [2.24, 2.45) is 5.73 Å². The summed E-state index contributed by atoms with van der Waals surface area (Å²) in [4.78, 5) is 57.5. The van der Waals surface area contributed by atoms with Crippen molar-refractivity contribution in [1.82, 2.24) is 26.2 Å². The lowest BCUT2D eigenvalue weighted by atomic mass is 10.0. The van der Waals surface area contributed by atoms with Crippen molar-refractivity contribution in [2.45, 2.75) is 126 Å². The number of nitrogens with zero attached hydrogens (tertiary/aromatic N) is 1. The molecule has 246 valence electrons. The number of unbranched alkanes of at least 4 members (excludes halogenated alkanes) is 1. The molecule has 10 nitrogen and oxygen atoms in total. The highest BCUT2D eigenvalue weighted by Gasteiger charge is 2.44. The zero-order valence-corrected chi connectivity index (χ0v) is 27.7. The number of hydrogen-bond acceptors (Lipinski definition) is 7. The van der Waals surface area contributed by atoms with E-state index in [-0.39, 0.29) is 23.6 Å². The second kappa shape index (κ2) is 18.4. The van der Waals surface area contributed by atoms with Crippen LogP contribution in [0.2, 0.25) is 0 Å². The number of carbonyl (C=O) groups excluding carboxylic acids is 4. The van der Waals surface area contributed by atoms with Crippen molar-refractivity contribution in [3.05, 3.63) is 30.3 Å². The standard InChI is InChI=1S/C33H54N6O4S/c1-33(2,3)38-32(43)29-26(23-44-24-15-8-7-9-16-24)37-30(41)25(17-11-12-20-34)36-28(40)19-10-5-4-6-13-21-35-31(42)27-18-14-22-39(27)29/h7-9,15-16,25-27,29H,4-6,10-14,17-23,34H2,1-3H3,(H,35,42)(H,36,40)(H,37,41)(H,38,43)/t25-,26-,27-,29-/m0/s1. The Morgan fingerprint density at radius 3 is 2.43 bits per heavy atom. The minimum atomic E-state index is -0.785. The summed E-state index contributed by atoms with van der Waals surface area (Å²) in [5, 5.41) is 12.4. The fourth-order valence-corrected chi connectivity index (χ4v) is 6.89. The Labute approximate surface area is 267 Å². The first kappa shape index (κ1) is 35.8. The Bertz CT molecular complexity index is 1070. The van der Waals surface area contributed by atoms with Gasteiger partial charge >= 0.3 is 0 Å². The van der Waals surface area contributed by atoms with E-state index in [2.05, 4.69) is 21.3 Å². The first-order valence-electron chi connectivity index (χ1n) is 16.4. The van der Waals surface area contributed by atoms with Crippen molar-refractivity contribution < 1.29 is 19.2 Å². The molecule has 2 saturated heterocycles. The number of nitrogens with two attached hydrogens (primary N) is 1. The molecule has 4 amide bonds. The van der Waals surface area contributed by atoms with E-state index in [1.807, 2.05) is 56.0 Å². The normalized spacial score (nSPS) is 25.1. The van der Waals surface area contributed by atoms with Gasteiger partial charge in [0, 0.05) is 29.2 Å². The molecule has 0 radical (unpaired) electrons. The molecule has 0 unspecified atom stereocenters. The minimum Gasteiger partial charge on any atom is -0.355 e. The number of nitrogens with one attached hydrogen (secondary N) is 4. The van der Waals surface area contributed by atoms with Crippen LogP contribution < -0.4 is 27.0 Å². The van der Waals surface area contributed by atoms with Crippen molar-refractivity contribution >= 4 is 35.4 Å². The summed E-state index contributed by atoms with van der Waals surface area (Å²) in [7, 11) is 0. The molecule has 0 aromatic heterocycles. The molecular formula is C33H54N6O4S. The second-order valence-electron chi connectivity index (χ2n) is 13.0. The van der Waals surface area contributed by atoms with Crippen molar-refractivity contribution in [3.8, 4) is 0 Å². The molecule has 11 heteroatoms. The molecule has 2 aliphatic heterocycles. The summed E-state index contributed by atoms with van der Waals surface area (Å²) >= 11 is 1.56. The van der Waals surface area contributed by atoms with E-state index in [4.69, 9.17) is 5.73 Å². The van der Waals surface area contributed by atoms with E-state index in [1.165, 1.54) is 0 Å². The van der Waals surface area contributed by atoms with E-state index < -0.39 is 29.7 Å². The third-order valence-corrected chi connectivity index (χ3v) is 9.21. The number of benzene rings is 1. The molecule has 6 N–H and O–H groups in total. The highest BCUT2D eigenvalue weighted by Crippen LogP contribution is 2.27. The first-order valence-corrected chi connectivity index (χ1v) is 17.4. The molecular weight excluding hydrogens is 576 g/mol. The highest BCUT2D eigenvalue weighted by atomic mass is 32.2. The van der Waals surface area contributed by atoms with Gasteiger partial charge in [-0.3, -0.25) is 24.1 Å². The van der Waals surface area contributed by atoms with Gasteiger partial charge < -0.3 is 27.0 Å². The Balaban J connectivity index is 1.99. The summed E-state index contributed by atoms with van der Waals surface area (Å²) in [6.07, 6.45) is 8.17. The molecule has 3 rings (SSSR count). The van der Waals surface area contributed by atoms with Gasteiger partial charge in [-0.25, -0.2) is 0 Å². The van der Waals surface area contributed by atoms with Gasteiger partial charge in [0.2, 0.25) is 23.6 Å². The van der Waals surface area contributed by atoms with Gasteiger partial charge in [0.25, 0.3) is 0 Å². The fraction of sp³-hybridized carbons (Fsp3) is 0.697. The van der Waals surface area contributed by atoms with Crippen LogP contribution in [0.25, 0.3) is 0 Å². The topological polar surface area (TPSA) is 146 Å². The summed E-state index contributed by atoms with van der Waals surface area (Å²) in [6, 6.07) is 7.25. The third-order valence-electron chi connectivity index (χ3n) is 8.08. The molecule has 0 bridgehead atoms. The molecule has 1 aromatic carbocycles. The summed E-state index contributed by atoms with van der Waals surface area (Å²) in [5.74, 6) is -0.335. The van der Waals surface area contributed by atoms with Gasteiger partial charge in [0.15, 0.2) is 0 Å². The maximum atomic E-state index is 14.1. The van der Waals surface area contributed by atoms with Gasteiger partial charge in [-0.15, -0.1) is 11.8 Å². The smallest absolute Gasteiger partial charge is 0.242 e. The van der Waals surface area contributed by atoms with Crippen LogP contribution in [0.4, 0.5) is 0 Å². The van der Waals surface area contributed by atoms with Crippen LogP contribution in [0.3, 0.4) is 0 Å². The third kappa shape index (κ3) is 12.0.